The minimum atomic E-state index is 0.455. The maximum atomic E-state index is 2.59. The summed E-state index contributed by atoms with van der Waals surface area (Å²) in [5, 5.41) is 0. The predicted molar refractivity (Wildman–Crippen MR) is 218 cm³/mol. The van der Waals surface area contributed by atoms with E-state index in [0.717, 1.165) is 25.7 Å². The van der Waals surface area contributed by atoms with Crippen LogP contribution in [0.25, 0.3) is 33.4 Å². The van der Waals surface area contributed by atoms with Crippen LogP contribution in [0.4, 0.5) is 0 Å². The van der Waals surface area contributed by atoms with Gasteiger partial charge in [0.2, 0.25) is 0 Å². The van der Waals surface area contributed by atoms with Crippen molar-refractivity contribution in [2.45, 2.75) is 91.9 Å². The third kappa shape index (κ3) is 4.16. The second-order valence-electron chi connectivity index (χ2n) is 17.3. The smallest absolute Gasteiger partial charge is 0.0145 e. The number of aryl methyl sites for hydroxylation is 4. The Morgan fingerprint density at radius 1 is 0.442 bits per heavy atom. The summed E-state index contributed by atoms with van der Waals surface area (Å²) in [7, 11) is 0. The first-order chi connectivity index (χ1) is 25.2. The molecule has 7 aliphatic carbocycles. The Morgan fingerprint density at radius 3 is 1.33 bits per heavy atom. The molecule has 256 valence electrons. The van der Waals surface area contributed by atoms with Crippen molar-refractivity contribution < 1.29 is 0 Å². The molecule has 0 heteroatoms. The van der Waals surface area contributed by atoms with Gasteiger partial charge < -0.3 is 0 Å². The quantitative estimate of drug-likeness (QED) is 0.199. The van der Waals surface area contributed by atoms with Gasteiger partial charge in [0.1, 0.15) is 0 Å². The van der Waals surface area contributed by atoms with Gasteiger partial charge in [-0.05, 0) is 202 Å². The van der Waals surface area contributed by atoms with Crippen LogP contribution in [0.1, 0.15) is 109 Å². The first-order valence-corrected chi connectivity index (χ1v) is 20.0. The average molecular weight is 673 g/mol. The summed E-state index contributed by atoms with van der Waals surface area (Å²) in [6.45, 7) is 14.0. The van der Waals surface area contributed by atoms with Gasteiger partial charge in [0.15, 0.2) is 0 Å². The highest BCUT2D eigenvalue weighted by Crippen LogP contribution is 2.65. The van der Waals surface area contributed by atoms with E-state index >= 15 is 0 Å². The van der Waals surface area contributed by atoms with Gasteiger partial charge >= 0.3 is 0 Å². The summed E-state index contributed by atoms with van der Waals surface area (Å²) >= 11 is 0. The van der Waals surface area contributed by atoms with E-state index in [0.29, 0.717) is 23.7 Å². The SMILES string of the molecule is Cc1ccc(C)c(-c2ccc3c(c2)C2CC4=C(CCC5=C4CC4C6=C5C(C)CC=C6c5ccc(-c6cc(C)ccc6C)cc54)C4=C2C3=CCC4C)c1. The fraction of sp³-hybridized carbons (Fsp3) is 0.308. The number of allylic oxidation sites excluding steroid dienone is 12. The van der Waals surface area contributed by atoms with Crippen LogP contribution in [0.5, 0.6) is 0 Å². The van der Waals surface area contributed by atoms with Gasteiger partial charge in [-0.1, -0.05) is 97.8 Å². The molecule has 0 radical (unpaired) electrons. The van der Waals surface area contributed by atoms with E-state index in [1.807, 2.05) is 0 Å². The number of hydrogen-bond donors (Lipinski definition) is 0. The molecule has 4 aromatic carbocycles. The normalized spacial score (nSPS) is 25.0. The van der Waals surface area contributed by atoms with E-state index < -0.39 is 0 Å². The number of rotatable bonds is 2. The summed E-state index contributed by atoms with van der Waals surface area (Å²) < 4.78 is 0. The Labute approximate surface area is 310 Å². The Morgan fingerprint density at radius 2 is 0.885 bits per heavy atom. The van der Waals surface area contributed by atoms with Crippen molar-refractivity contribution >= 4 is 11.1 Å². The Bertz CT molecular complexity index is 2350. The molecule has 0 bridgehead atoms. The summed E-state index contributed by atoms with van der Waals surface area (Å²) in [5.74, 6) is 2.07. The molecule has 0 aromatic heterocycles. The molecule has 7 aliphatic rings. The topological polar surface area (TPSA) is 0 Å². The molecule has 0 spiro atoms. The highest BCUT2D eigenvalue weighted by molar-refractivity contribution is 5.95. The Balaban J connectivity index is 1.06. The van der Waals surface area contributed by atoms with Crippen LogP contribution >= 0.6 is 0 Å². The summed E-state index contributed by atoms with van der Waals surface area (Å²) in [6, 6.07) is 28.8. The van der Waals surface area contributed by atoms with Crippen molar-refractivity contribution in [2.75, 3.05) is 0 Å². The minimum absolute atomic E-state index is 0.455. The molecule has 52 heavy (non-hydrogen) atoms. The van der Waals surface area contributed by atoms with Crippen LogP contribution in [0, 0.1) is 39.5 Å². The van der Waals surface area contributed by atoms with Gasteiger partial charge in [-0.3, -0.25) is 0 Å². The molecule has 0 N–H and O–H groups in total. The van der Waals surface area contributed by atoms with Crippen LogP contribution in [0.15, 0.2) is 130 Å². The summed E-state index contributed by atoms with van der Waals surface area (Å²) in [5.41, 5.74) is 33.9. The summed E-state index contributed by atoms with van der Waals surface area (Å²) in [6.07, 6.45) is 12.2. The molecular formula is C52H48. The van der Waals surface area contributed by atoms with E-state index in [1.165, 1.54) is 68.5 Å². The number of fused-ring (bicyclic) bond motifs is 9. The minimum Gasteiger partial charge on any atom is -0.0757 e. The molecule has 0 aliphatic heterocycles. The maximum absolute atomic E-state index is 2.59. The fourth-order valence-electron chi connectivity index (χ4n) is 11.8. The zero-order valence-electron chi connectivity index (χ0n) is 31.6. The molecule has 0 nitrogen and oxygen atoms in total. The lowest BCUT2D eigenvalue weighted by Crippen LogP contribution is -2.26. The van der Waals surface area contributed by atoms with E-state index in [4.69, 9.17) is 0 Å². The van der Waals surface area contributed by atoms with Crippen molar-refractivity contribution in [1.82, 2.24) is 0 Å². The maximum Gasteiger partial charge on any atom is 0.0145 e. The van der Waals surface area contributed by atoms with E-state index in [9.17, 15) is 0 Å². The van der Waals surface area contributed by atoms with Gasteiger partial charge in [0.05, 0.1) is 0 Å². The highest BCUT2D eigenvalue weighted by Gasteiger charge is 2.47. The van der Waals surface area contributed by atoms with Crippen molar-refractivity contribution in [3.63, 3.8) is 0 Å². The fourth-order valence-corrected chi connectivity index (χ4v) is 11.8. The van der Waals surface area contributed by atoms with Gasteiger partial charge in [-0.25, -0.2) is 0 Å². The highest BCUT2D eigenvalue weighted by atomic mass is 14.5. The zero-order chi connectivity index (χ0) is 35.2. The molecule has 4 unspecified atom stereocenters. The summed E-state index contributed by atoms with van der Waals surface area (Å²) in [4.78, 5) is 0. The first-order valence-electron chi connectivity index (χ1n) is 20.0. The number of hydrogen-bond acceptors (Lipinski definition) is 0. The molecule has 4 atom stereocenters. The van der Waals surface area contributed by atoms with Crippen molar-refractivity contribution in [3.8, 4) is 22.3 Å². The predicted octanol–water partition coefficient (Wildman–Crippen LogP) is 13.8. The average Bonchev–Trinajstić information content (AvgIpc) is 3.64. The van der Waals surface area contributed by atoms with Crippen LogP contribution < -0.4 is 0 Å². The standard InChI is InChI=1S/C52H48/c1-27-7-9-29(3)41(21-27)33-13-17-35-37-15-11-31(5)49-39-19-20-40-46(45(39)25-47(51(37)49)43(35)23-33)26-48-44-24-34(42-22-28(2)8-10-30(42)4)14-18-36(44)38-16-12-32(6)50(40)52(38)48/h7-10,13-18,21-24,31-32,47-48H,11-12,19-20,25-26H2,1-6H3. The second-order valence-corrected chi connectivity index (χ2v) is 17.3. The third-order valence-corrected chi connectivity index (χ3v) is 14.2. The number of benzene rings is 4. The first kappa shape index (κ1) is 30.9. The molecule has 0 heterocycles. The Kier molecular flexibility index (Phi) is 6.49. The van der Waals surface area contributed by atoms with Gasteiger partial charge in [0.25, 0.3) is 0 Å². The van der Waals surface area contributed by atoms with Crippen molar-refractivity contribution in [2.24, 2.45) is 11.8 Å². The molecule has 0 fully saturated rings. The van der Waals surface area contributed by atoms with Crippen LogP contribution in [-0.2, 0) is 0 Å². The Hall–Kier alpha value is -4.68. The van der Waals surface area contributed by atoms with Crippen LogP contribution in [0.3, 0.4) is 0 Å². The molecule has 0 saturated heterocycles. The van der Waals surface area contributed by atoms with Crippen LogP contribution in [0.2, 0.25) is 0 Å². The van der Waals surface area contributed by atoms with Gasteiger partial charge in [-0.2, -0.15) is 0 Å². The van der Waals surface area contributed by atoms with E-state index in [1.54, 1.807) is 66.9 Å². The zero-order valence-corrected chi connectivity index (χ0v) is 31.6. The van der Waals surface area contributed by atoms with Crippen molar-refractivity contribution in [3.05, 3.63) is 174 Å². The molecule has 0 amide bonds. The lowest BCUT2D eigenvalue weighted by atomic mass is 9.61. The van der Waals surface area contributed by atoms with Crippen LogP contribution in [-0.4, -0.2) is 0 Å². The van der Waals surface area contributed by atoms with Crippen molar-refractivity contribution in [1.29, 1.82) is 0 Å². The largest absolute Gasteiger partial charge is 0.0757 e. The molecule has 0 saturated carbocycles. The van der Waals surface area contributed by atoms with Gasteiger partial charge in [0, 0.05) is 11.8 Å². The van der Waals surface area contributed by atoms with E-state index in [-0.39, 0.29) is 0 Å². The molecule has 4 aromatic rings. The lowest BCUT2D eigenvalue weighted by molar-refractivity contribution is 0.597. The molecular weight excluding hydrogens is 625 g/mol. The van der Waals surface area contributed by atoms with Gasteiger partial charge in [-0.15, -0.1) is 0 Å². The lowest BCUT2D eigenvalue weighted by Gasteiger charge is -2.43. The van der Waals surface area contributed by atoms with E-state index in [2.05, 4.69) is 126 Å². The monoisotopic (exact) mass is 672 g/mol. The third-order valence-electron chi connectivity index (χ3n) is 14.2. The second kappa shape index (κ2) is 10.9. The molecule has 11 rings (SSSR count).